The first-order valence-electron chi connectivity index (χ1n) is 5.26. The van der Waals surface area contributed by atoms with E-state index in [-0.39, 0.29) is 12.6 Å². The normalized spacial score (nSPS) is 12.8. The van der Waals surface area contributed by atoms with Crippen molar-refractivity contribution < 1.29 is 5.11 Å². The van der Waals surface area contributed by atoms with Gasteiger partial charge in [0.1, 0.15) is 0 Å². The second-order valence-corrected chi connectivity index (χ2v) is 3.99. The zero-order valence-electron chi connectivity index (χ0n) is 9.46. The predicted molar refractivity (Wildman–Crippen MR) is 62.7 cm³/mol. The summed E-state index contributed by atoms with van der Waals surface area (Å²) in [5.41, 5.74) is 9.45. The van der Waals surface area contributed by atoms with Gasteiger partial charge >= 0.3 is 0 Å². The summed E-state index contributed by atoms with van der Waals surface area (Å²) in [4.78, 5) is 0. The highest BCUT2D eigenvalue weighted by molar-refractivity contribution is 5.29. The monoisotopic (exact) mass is 208 g/mol. The molecule has 0 aliphatic heterocycles. The molecule has 84 valence electrons. The molecule has 0 fully saturated rings. The van der Waals surface area contributed by atoms with E-state index >= 15 is 0 Å². The molecule has 1 unspecified atom stereocenters. The third-order valence-corrected chi connectivity index (χ3v) is 2.54. The number of hydrogen-bond acceptors (Lipinski definition) is 3. The van der Waals surface area contributed by atoms with E-state index in [0.717, 1.165) is 6.54 Å². The third-order valence-electron chi connectivity index (χ3n) is 2.54. The summed E-state index contributed by atoms with van der Waals surface area (Å²) in [5.74, 6) is 0. The Hall–Kier alpha value is -0.900. The molecular formula is C12H20N2O. The second kappa shape index (κ2) is 5.85. The molecule has 0 saturated carbocycles. The Morgan fingerprint density at radius 1 is 1.33 bits per heavy atom. The number of nitrogens with two attached hydrogens (primary N) is 1. The Labute approximate surface area is 91.3 Å². The van der Waals surface area contributed by atoms with Crippen molar-refractivity contribution >= 4 is 0 Å². The fraction of sp³-hybridized carbons (Fsp3) is 0.500. The van der Waals surface area contributed by atoms with Crippen LogP contribution in [0.2, 0.25) is 0 Å². The standard InChI is InChI=1S/C12H20N2O/c1-9-3-4-11(5-10(9)2)6-14-7-12(13)8-15/h3-5,12,14-15H,6-8,13H2,1-2H3. The molecule has 0 aromatic heterocycles. The summed E-state index contributed by atoms with van der Waals surface area (Å²) < 4.78 is 0. The minimum atomic E-state index is -0.170. The summed E-state index contributed by atoms with van der Waals surface area (Å²) in [6.07, 6.45) is 0. The van der Waals surface area contributed by atoms with Crippen LogP contribution in [-0.4, -0.2) is 24.3 Å². The van der Waals surface area contributed by atoms with Crippen molar-refractivity contribution in [3.05, 3.63) is 34.9 Å². The number of hydrogen-bond donors (Lipinski definition) is 3. The van der Waals surface area contributed by atoms with Gasteiger partial charge in [-0.1, -0.05) is 18.2 Å². The summed E-state index contributed by atoms with van der Waals surface area (Å²) in [6.45, 7) is 5.69. The van der Waals surface area contributed by atoms with Gasteiger partial charge in [0.05, 0.1) is 6.61 Å². The predicted octanol–water partition coefficient (Wildman–Crippen LogP) is 0.713. The Kier molecular flexibility index (Phi) is 4.75. The molecule has 0 amide bonds. The fourth-order valence-electron chi connectivity index (χ4n) is 1.38. The van der Waals surface area contributed by atoms with E-state index in [4.69, 9.17) is 10.8 Å². The van der Waals surface area contributed by atoms with Crippen LogP contribution in [0.15, 0.2) is 18.2 Å². The van der Waals surface area contributed by atoms with Crippen molar-refractivity contribution in [2.75, 3.05) is 13.2 Å². The minimum absolute atomic E-state index is 0.0277. The molecule has 0 radical (unpaired) electrons. The minimum Gasteiger partial charge on any atom is -0.395 e. The number of aryl methyl sites for hydroxylation is 2. The van der Waals surface area contributed by atoms with E-state index in [1.54, 1.807) is 0 Å². The lowest BCUT2D eigenvalue weighted by Crippen LogP contribution is -2.36. The van der Waals surface area contributed by atoms with Gasteiger partial charge in [-0.3, -0.25) is 0 Å². The van der Waals surface area contributed by atoms with Crippen molar-refractivity contribution in [1.29, 1.82) is 0 Å². The summed E-state index contributed by atoms with van der Waals surface area (Å²) >= 11 is 0. The zero-order valence-corrected chi connectivity index (χ0v) is 9.46. The quantitative estimate of drug-likeness (QED) is 0.668. The van der Waals surface area contributed by atoms with Crippen molar-refractivity contribution in [2.24, 2.45) is 5.73 Å². The average molecular weight is 208 g/mol. The lowest BCUT2D eigenvalue weighted by molar-refractivity contribution is 0.262. The maximum Gasteiger partial charge on any atom is 0.0594 e. The first-order valence-corrected chi connectivity index (χ1v) is 5.26. The Morgan fingerprint density at radius 3 is 2.67 bits per heavy atom. The van der Waals surface area contributed by atoms with Gasteiger partial charge < -0.3 is 16.2 Å². The number of rotatable bonds is 5. The molecule has 1 rings (SSSR count). The molecule has 0 bridgehead atoms. The molecule has 1 aromatic rings. The summed E-state index contributed by atoms with van der Waals surface area (Å²) in [6, 6.07) is 6.24. The summed E-state index contributed by atoms with van der Waals surface area (Å²) in [7, 11) is 0. The Morgan fingerprint density at radius 2 is 2.07 bits per heavy atom. The highest BCUT2D eigenvalue weighted by Gasteiger charge is 2.00. The van der Waals surface area contributed by atoms with Gasteiger partial charge in [-0.25, -0.2) is 0 Å². The van der Waals surface area contributed by atoms with Crippen LogP contribution in [0.1, 0.15) is 16.7 Å². The first-order chi connectivity index (χ1) is 7.13. The van der Waals surface area contributed by atoms with E-state index in [2.05, 4.69) is 37.4 Å². The lowest BCUT2D eigenvalue weighted by Gasteiger charge is -2.10. The van der Waals surface area contributed by atoms with E-state index in [1.807, 2.05) is 0 Å². The van der Waals surface area contributed by atoms with Crippen molar-refractivity contribution in [3.63, 3.8) is 0 Å². The van der Waals surface area contributed by atoms with Gasteiger partial charge in [0.25, 0.3) is 0 Å². The molecule has 15 heavy (non-hydrogen) atoms. The highest BCUT2D eigenvalue weighted by Crippen LogP contribution is 2.09. The largest absolute Gasteiger partial charge is 0.395 e. The smallest absolute Gasteiger partial charge is 0.0594 e. The molecule has 3 heteroatoms. The lowest BCUT2D eigenvalue weighted by atomic mass is 10.1. The molecule has 1 atom stereocenters. The van der Waals surface area contributed by atoms with E-state index < -0.39 is 0 Å². The molecule has 1 aromatic carbocycles. The van der Waals surface area contributed by atoms with Crippen LogP contribution in [0.25, 0.3) is 0 Å². The van der Waals surface area contributed by atoms with Gasteiger partial charge in [0.2, 0.25) is 0 Å². The van der Waals surface area contributed by atoms with Gasteiger partial charge in [-0.15, -0.1) is 0 Å². The van der Waals surface area contributed by atoms with Crippen LogP contribution in [0.4, 0.5) is 0 Å². The van der Waals surface area contributed by atoms with E-state index in [0.29, 0.717) is 6.54 Å². The van der Waals surface area contributed by atoms with Crippen LogP contribution in [-0.2, 0) is 6.54 Å². The maximum absolute atomic E-state index is 8.75. The maximum atomic E-state index is 8.75. The molecule has 0 spiro atoms. The summed E-state index contributed by atoms with van der Waals surface area (Å²) in [5, 5.41) is 12.0. The third kappa shape index (κ3) is 4.00. The second-order valence-electron chi connectivity index (χ2n) is 3.99. The Bertz CT molecular complexity index is 312. The van der Waals surface area contributed by atoms with Crippen molar-refractivity contribution in [2.45, 2.75) is 26.4 Å². The molecule has 0 saturated heterocycles. The average Bonchev–Trinajstić information content (AvgIpc) is 2.23. The van der Waals surface area contributed by atoms with Gasteiger partial charge in [0.15, 0.2) is 0 Å². The van der Waals surface area contributed by atoms with Crippen molar-refractivity contribution in [3.8, 4) is 0 Å². The molecule has 0 heterocycles. The number of nitrogens with one attached hydrogen (secondary N) is 1. The van der Waals surface area contributed by atoms with Gasteiger partial charge in [0, 0.05) is 19.1 Å². The molecule has 4 N–H and O–H groups in total. The molecular weight excluding hydrogens is 188 g/mol. The highest BCUT2D eigenvalue weighted by atomic mass is 16.3. The Balaban J connectivity index is 2.41. The number of aliphatic hydroxyl groups is 1. The SMILES string of the molecule is Cc1ccc(CNCC(N)CO)cc1C. The van der Waals surface area contributed by atoms with Gasteiger partial charge in [-0.2, -0.15) is 0 Å². The van der Waals surface area contributed by atoms with Crippen molar-refractivity contribution in [1.82, 2.24) is 5.32 Å². The first kappa shape index (κ1) is 12.2. The van der Waals surface area contributed by atoms with Gasteiger partial charge in [-0.05, 0) is 30.5 Å². The van der Waals surface area contributed by atoms with E-state index in [9.17, 15) is 0 Å². The molecule has 0 aliphatic rings. The zero-order chi connectivity index (χ0) is 11.3. The topological polar surface area (TPSA) is 58.3 Å². The number of benzene rings is 1. The van der Waals surface area contributed by atoms with Crippen LogP contribution in [0, 0.1) is 13.8 Å². The van der Waals surface area contributed by atoms with Crippen LogP contribution < -0.4 is 11.1 Å². The number of aliphatic hydroxyl groups excluding tert-OH is 1. The van der Waals surface area contributed by atoms with Crippen LogP contribution in [0.3, 0.4) is 0 Å². The fourth-order valence-corrected chi connectivity index (χ4v) is 1.38. The van der Waals surface area contributed by atoms with Crippen LogP contribution in [0.5, 0.6) is 0 Å². The molecule has 3 nitrogen and oxygen atoms in total. The molecule has 0 aliphatic carbocycles. The van der Waals surface area contributed by atoms with E-state index in [1.165, 1.54) is 16.7 Å². The van der Waals surface area contributed by atoms with Crippen LogP contribution >= 0.6 is 0 Å².